The van der Waals surface area contributed by atoms with Crippen molar-refractivity contribution in [2.75, 3.05) is 4.90 Å². The highest BCUT2D eigenvalue weighted by molar-refractivity contribution is 6.29. The summed E-state index contributed by atoms with van der Waals surface area (Å²) in [6.45, 7) is 3.97. The molecule has 4 heteroatoms. The van der Waals surface area contributed by atoms with Crippen molar-refractivity contribution in [1.82, 2.24) is 5.32 Å². The van der Waals surface area contributed by atoms with Crippen molar-refractivity contribution in [2.24, 2.45) is 4.99 Å². The number of hydrogen-bond donors (Lipinski definition) is 1. The number of amides is 1. The highest BCUT2D eigenvalue weighted by atomic mass is 16.2. The average molecular weight is 305 g/mol. The summed E-state index contributed by atoms with van der Waals surface area (Å²) in [5.74, 6) is 0.470. The first-order valence-electron chi connectivity index (χ1n) is 7.66. The molecule has 1 N–H and O–H groups in total. The summed E-state index contributed by atoms with van der Waals surface area (Å²) in [6.07, 6.45) is 1.85. The van der Waals surface area contributed by atoms with Crippen LogP contribution in [0.5, 0.6) is 0 Å². The maximum absolute atomic E-state index is 12.8. The van der Waals surface area contributed by atoms with Gasteiger partial charge in [0, 0.05) is 6.04 Å². The van der Waals surface area contributed by atoms with Crippen LogP contribution in [-0.2, 0) is 4.79 Å². The van der Waals surface area contributed by atoms with E-state index in [1.54, 1.807) is 4.90 Å². The number of rotatable bonds is 3. The van der Waals surface area contributed by atoms with Crippen LogP contribution in [-0.4, -0.2) is 17.9 Å². The first-order chi connectivity index (χ1) is 11.1. The van der Waals surface area contributed by atoms with Gasteiger partial charge < -0.3 is 5.32 Å². The first kappa shape index (κ1) is 15.0. The van der Waals surface area contributed by atoms with Gasteiger partial charge in [-0.25, -0.2) is 9.89 Å². The number of carbonyl (C=O) groups excluding carboxylic acids is 1. The van der Waals surface area contributed by atoms with E-state index in [1.807, 2.05) is 80.6 Å². The smallest absolute Gasteiger partial charge is 0.281 e. The van der Waals surface area contributed by atoms with Crippen molar-refractivity contribution in [2.45, 2.75) is 19.9 Å². The van der Waals surface area contributed by atoms with Crippen LogP contribution >= 0.6 is 0 Å². The highest BCUT2D eigenvalue weighted by Gasteiger charge is 2.33. The van der Waals surface area contributed by atoms with Gasteiger partial charge in [0.15, 0.2) is 0 Å². The summed E-state index contributed by atoms with van der Waals surface area (Å²) in [5, 5.41) is 3.16. The van der Waals surface area contributed by atoms with Crippen LogP contribution < -0.4 is 10.2 Å². The van der Waals surface area contributed by atoms with E-state index in [-0.39, 0.29) is 11.9 Å². The normalized spacial score (nSPS) is 18.0. The zero-order valence-corrected chi connectivity index (χ0v) is 13.2. The summed E-state index contributed by atoms with van der Waals surface area (Å²) < 4.78 is 0. The minimum absolute atomic E-state index is 0.0904. The van der Waals surface area contributed by atoms with Crippen LogP contribution in [0, 0.1) is 0 Å². The number of hydrogen-bond acceptors (Lipinski definition) is 2. The molecular formula is C19H19N3O. The Labute approximate surface area is 136 Å². The van der Waals surface area contributed by atoms with Crippen LogP contribution in [0.4, 0.5) is 5.69 Å². The predicted molar refractivity (Wildman–Crippen MR) is 94.1 cm³/mol. The van der Waals surface area contributed by atoms with Crippen molar-refractivity contribution < 1.29 is 4.79 Å². The largest absolute Gasteiger partial charge is 0.321 e. The SMILES string of the molecule is CC(C)N=C1N/C(=C/c2ccccc2)C(=O)N1c1ccccc1. The third-order valence-corrected chi connectivity index (χ3v) is 3.40. The molecular weight excluding hydrogens is 286 g/mol. The summed E-state index contributed by atoms with van der Waals surface area (Å²) in [5.41, 5.74) is 2.31. The third kappa shape index (κ3) is 3.31. The van der Waals surface area contributed by atoms with Crippen LogP contribution in [0.1, 0.15) is 19.4 Å². The Morgan fingerprint density at radius 3 is 2.22 bits per heavy atom. The fraction of sp³-hybridized carbons (Fsp3) is 0.158. The maximum atomic E-state index is 12.8. The number of para-hydroxylation sites is 1. The van der Waals surface area contributed by atoms with E-state index in [0.29, 0.717) is 11.7 Å². The standard InChI is InChI=1S/C19H19N3O/c1-14(2)20-19-21-17(13-15-9-5-3-6-10-15)18(23)22(19)16-11-7-4-8-12-16/h3-14H,1-2H3,(H,20,21)/b17-13+. The molecule has 0 radical (unpaired) electrons. The lowest BCUT2D eigenvalue weighted by atomic mass is 10.2. The van der Waals surface area contributed by atoms with Gasteiger partial charge in [-0.15, -0.1) is 0 Å². The molecule has 0 saturated carbocycles. The van der Waals surface area contributed by atoms with Crippen molar-refractivity contribution >= 4 is 23.6 Å². The Balaban J connectivity index is 2.01. The van der Waals surface area contributed by atoms with E-state index in [4.69, 9.17) is 0 Å². The van der Waals surface area contributed by atoms with Crippen LogP contribution in [0.3, 0.4) is 0 Å². The molecule has 0 aliphatic carbocycles. The lowest BCUT2D eigenvalue weighted by Gasteiger charge is -2.15. The molecule has 1 amide bonds. The summed E-state index contributed by atoms with van der Waals surface area (Å²) in [4.78, 5) is 19.0. The zero-order valence-electron chi connectivity index (χ0n) is 13.2. The quantitative estimate of drug-likeness (QED) is 0.883. The zero-order chi connectivity index (χ0) is 16.2. The predicted octanol–water partition coefficient (Wildman–Crippen LogP) is 3.43. The van der Waals surface area contributed by atoms with Gasteiger partial charge in [0.2, 0.25) is 5.96 Å². The average Bonchev–Trinajstić information content (AvgIpc) is 2.84. The molecule has 3 rings (SSSR count). The number of guanidine groups is 1. The molecule has 0 unspecified atom stereocenters. The first-order valence-corrected chi connectivity index (χ1v) is 7.66. The highest BCUT2D eigenvalue weighted by Crippen LogP contribution is 2.22. The molecule has 1 saturated heterocycles. The lowest BCUT2D eigenvalue weighted by molar-refractivity contribution is -0.113. The third-order valence-electron chi connectivity index (χ3n) is 3.40. The molecule has 4 nitrogen and oxygen atoms in total. The fourth-order valence-electron chi connectivity index (χ4n) is 2.41. The molecule has 0 aromatic heterocycles. The van der Waals surface area contributed by atoms with Crippen molar-refractivity contribution in [1.29, 1.82) is 0 Å². The van der Waals surface area contributed by atoms with Crippen molar-refractivity contribution in [3.63, 3.8) is 0 Å². The minimum atomic E-state index is -0.0977. The number of nitrogens with one attached hydrogen (secondary N) is 1. The van der Waals surface area contributed by atoms with E-state index in [2.05, 4.69) is 10.3 Å². The van der Waals surface area contributed by atoms with Gasteiger partial charge in [0.25, 0.3) is 5.91 Å². The number of carbonyl (C=O) groups is 1. The maximum Gasteiger partial charge on any atom is 0.281 e. The molecule has 116 valence electrons. The molecule has 1 aliphatic rings. The molecule has 2 aromatic rings. The van der Waals surface area contributed by atoms with Gasteiger partial charge in [-0.1, -0.05) is 48.5 Å². The minimum Gasteiger partial charge on any atom is -0.321 e. The van der Waals surface area contributed by atoms with Gasteiger partial charge in [0.1, 0.15) is 5.70 Å². The second-order valence-corrected chi connectivity index (χ2v) is 5.62. The monoisotopic (exact) mass is 305 g/mol. The Hall–Kier alpha value is -2.88. The van der Waals surface area contributed by atoms with Crippen molar-refractivity contribution in [3.05, 3.63) is 71.9 Å². The Morgan fingerprint density at radius 1 is 1.00 bits per heavy atom. The second-order valence-electron chi connectivity index (χ2n) is 5.62. The van der Waals surface area contributed by atoms with Gasteiger partial charge in [-0.3, -0.25) is 4.79 Å². The lowest BCUT2D eigenvalue weighted by Crippen LogP contribution is -2.33. The van der Waals surface area contributed by atoms with Gasteiger partial charge in [-0.05, 0) is 37.6 Å². The molecule has 0 atom stereocenters. The van der Waals surface area contributed by atoms with Gasteiger partial charge in [0.05, 0.1) is 5.69 Å². The van der Waals surface area contributed by atoms with Crippen LogP contribution in [0.25, 0.3) is 6.08 Å². The van der Waals surface area contributed by atoms with E-state index in [0.717, 1.165) is 11.3 Å². The van der Waals surface area contributed by atoms with Gasteiger partial charge in [-0.2, -0.15) is 0 Å². The number of anilines is 1. The Morgan fingerprint density at radius 2 is 1.61 bits per heavy atom. The molecule has 1 aliphatic heterocycles. The fourth-order valence-corrected chi connectivity index (χ4v) is 2.41. The molecule has 0 bridgehead atoms. The van der Waals surface area contributed by atoms with E-state index in [9.17, 15) is 4.79 Å². The van der Waals surface area contributed by atoms with Gasteiger partial charge >= 0.3 is 0 Å². The Kier molecular flexibility index (Phi) is 4.24. The molecule has 1 heterocycles. The number of nitrogens with zero attached hydrogens (tertiary/aromatic N) is 2. The molecule has 0 spiro atoms. The number of benzene rings is 2. The molecule has 1 fully saturated rings. The second kappa shape index (κ2) is 6.48. The van der Waals surface area contributed by atoms with E-state index < -0.39 is 0 Å². The molecule has 23 heavy (non-hydrogen) atoms. The van der Waals surface area contributed by atoms with Crippen LogP contribution in [0.15, 0.2) is 71.4 Å². The van der Waals surface area contributed by atoms with Crippen LogP contribution in [0.2, 0.25) is 0 Å². The summed E-state index contributed by atoms with van der Waals surface area (Å²) in [6, 6.07) is 19.4. The Bertz CT molecular complexity index is 749. The topological polar surface area (TPSA) is 44.7 Å². The summed E-state index contributed by atoms with van der Waals surface area (Å²) >= 11 is 0. The number of aliphatic imine (C=N–C) groups is 1. The van der Waals surface area contributed by atoms with Crippen molar-refractivity contribution in [3.8, 4) is 0 Å². The van der Waals surface area contributed by atoms with E-state index in [1.165, 1.54) is 0 Å². The van der Waals surface area contributed by atoms with E-state index >= 15 is 0 Å². The summed E-state index contributed by atoms with van der Waals surface area (Å²) in [7, 11) is 0. The molecule has 2 aromatic carbocycles.